The molecular formula is C16H24ClN3O2. The second-order valence-electron chi connectivity index (χ2n) is 5.52. The number of piperidine rings is 1. The third kappa shape index (κ3) is 5.48. The van der Waals surface area contributed by atoms with Gasteiger partial charge in [-0.15, -0.1) is 0 Å². The van der Waals surface area contributed by atoms with Gasteiger partial charge in [-0.05, 0) is 43.7 Å². The fraction of sp³-hybridized carbons (Fsp3) is 0.562. The lowest BCUT2D eigenvalue weighted by atomic mass is 9.97. The van der Waals surface area contributed by atoms with E-state index in [1.54, 1.807) is 0 Å². The van der Waals surface area contributed by atoms with Crippen molar-refractivity contribution in [3.63, 3.8) is 0 Å². The zero-order chi connectivity index (χ0) is 15.8. The van der Waals surface area contributed by atoms with Crippen molar-refractivity contribution in [1.29, 1.82) is 0 Å². The standard InChI is InChI=1S/C16H24ClN3O2/c17-14-3-5-15(6-4-14)22-11-10-20-9-1-2-13(12-20)16(21)19-8-7-18/h3-6,13H,1-2,7-12,18H2,(H,19,21). The highest BCUT2D eigenvalue weighted by Crippen LogP contribution is 2.18. The van der Waals surface area contributed by atoms with Crippen molar-refractivity contribution in [2.24, 2.45) is 11.7 Å². The second kappa shape index (κ2) is 8.98. The summed E-state index contributed by atoms with van der Waals surface area (Å²) in [4.78, 5) is 14.3. The van der Waals surface area contributed by atoms with Crippen LogP contribution in [0.1, 0.15) is 12.8 Å². The Balaban J connectivity index is 1.71. The molecule has 22 heavy (non-hydrogen) atoms. The van der Waals surface area contributed by atoms with Crippen LogP contribution in [0.2, 0.25) is 5.02 Å². The van der Waals surface area contributed by atoms with Gasteiger partial charge in [-0.1, -0.05) is 11.6 Å². The van der Waals surface area contributed by atoms with Gasteiger partial charge in [0.15, 0.2) is 0 Å². The zero-order valence-electron chi connectivity index (χ0n) is 12.8. The molecule has 1 aromatic carbocycles. The van der Waals surface area contributed by atoms with E-state index in [4.69, 9.17) is 22.1 Å². The Bertz CT molecular complexity index is 467. The van der Waals surface area contributed by atoms with Crippen molar-refractivity contribution in [3.8, 4) is 5.75 Å². The summed E-state index contributed by atoms with van der Waals surface area (Å²) in [5, 5.41) is 3.58. The third-order valence-electron chi connectivity index (χ3n) is 3.81. The average Bonchev–Trinajstić information content (AvgIpc) is 2.55. The Morgan fingerprint density at radius 1 is 1.41 bits per heavy atom. The third-order valence-corrected chi connectivity index (χ3v) is 4.06. The van der Waals surface area contributed by atoms with Gasteiger partial charge < -0.3 is 15.8 Å². The number of amides is 1. The summed E-state index contributed by atoms with van der Waals surface area (Å²) in [6, 6.07) is 7.36. The number of likely N-dealkylation sites (tertiary alicyclic amines) is 1. The summed E-state index contributed by atoms with van der Waals surface area (Å²) in [5.41, 5.74) is 5.41. The number of carbonyl (C=O) groups excluding carboxylic acids is 1. The first-order chi connectivity index (χ1) is 10.7. The van der Waals surface area contributed by atoms with Crippen molar-refractivity contribution >= 4 is 17.5 Å². The first kappa shape index (κ1) is 17.1. The molecule has 1 fully saturated rings. The van der Waals surface area contributed by atoms with Crippen LogP contribution in [-0.2, 0) is 4.79 Å². The van der Waals surface area contributed by atoms with E-state index < -0.39 is 0 Å². The maximum Gasteiger partial charge on any atom is 0.224 e. The van der Waals surface area contributed by atoms with Gasteiger partial charge in [0.1, 0.15) is 12.4 Å². The number of hydrogen-bond acceptors (Lipinski definition) is 4. The fourth-order valence-corrected chi connectivity index (χ4v) is 2.76. The molecule has 2 rings (SSSR count). The topological polar surface area (TPSA) is 67.6 Å². The molecule has 1 unspecified atom stereocenters. The van der Waals surface area contributed by atoms with Crippen molar-refractivity contribution in [1.82, 2.24) is 10.2 Å². The highest BCUT2D eigenvalue weighted by atomic mass is 35.5. The highest BCUT2D eigenvalue weighted by Gasteiger charge is 2.25. The van der Waals surface area contributed by atoms with E-state index in [1.807, 2.05) is 24.3 Å². The van der Waals surface area contributed by atoms with Gasteiger partial charge in [-0.2, -0.15) is 0 Å². The summed E-state index contributed by atoms with van der Waals surface area (Å²) in [6.45, 7) is 4.28. The summed E-state index contributed by atoms with van der Waals surface area (Å²) < 4.78 is 5.71. The van der Waals surface area contributed by atoms with Gasteiger partial charge in [-0.25, -0.2) is 0 Å². The predicted octanol–water partition coefficient (Wildman–Crippen LogP) is 1.51. The summed E-state index contributed by atoms with van der Waals surface area (Å²) in [7, 11) is 0. The molecule has 0 radical (unpaired) electrons. The van der Waals surface area contributed by atoms with Gasteiger partial charge in [0.25, 0.3) is 0 Å². The molecule has 3 N–H and O–H groups in total. The number of ether oxygens (including phenoxy) is 1. The summed E-state index contributed by atoms with van der Waals surface area (Å²) in [5.74, 6) is 1.00. The van der Waals surface area contributed by atoms with Crippen LogP contribution in [0.15, 0.2) is 24.3 Å². The minimum absolute atomic E-state index is 0.0656. The van der Waals surface area contributed by atoms with Crippen molar-refractivity contribution < 1.29 is 9.53 Å². The Kier molecular flexibility index (Phi) is 6.96. The van der Waals surface area contributed by atoms with Crippen LogP contribution in [0.3, 0.4) is 0 Å². The minimum Gasteiger partial charge on any atom is -0.492 e. The Morgan fingerprint density at radius 2 is 2.18 bits per heavy atom. The van der Waals surface area contributed by atoms with Crippen LogP contribution < -0.4 is 15.8 Å². The van der Waals surface area contributed by atoms with Gasteiger partial charge in [0.05, 0.1) is 5.92 Å². The number of nitrogens with zero attached hydrogens (tertiary/aromatic N) is 1. The lowest BCUT2D eigenvalue weighted by molar-refractivity contribution is -0.126. The van der Waals surface area contributed by atoms with Crippen LogP contribution in [0.5, 0.6) is 5.75 Å². The summed E-state index contributed by atoms with van der Waals surface area (Å²) >= 11 is 5.84. The van der Waals surface area contributed by atoms with E-state index in [1.165, 1.54) is 0 Å². The van der Waals surface area contributed by atoms with Crippen LogP contribution in [-0.4, -0.2) is 50.1 Å². The van der Waals surface area contributed by atoms with E-state index in [-0.39, 0.29) is 11.8 Å². The normalized spacial score (nSPS) is 18.9. The Morgan fingerprint density at radius 3 is 2.91 bits per heavy atom. The van der Waals surface area contributed by atoms with E-state index in [2.05, 4.69) is 10.2 Å². The molecule has 6 heteroatoms. The number of halogens is 1. The molecule has 1 atom stereocenters. The molecule has 0 saturated carbocycles. The second-order valence-corrected chi connectivity index (χ2v) is 5.96. The van der Waals surface area contributed by atoms with Crippen LogP contribution >= 0.6 is 11.6 Å². The predicted molar refractivity (Wildman–Crippen MR) is 88.2 cm³/mol. The number of nitrogens with two attached hydrogens (primary N) is 1. The largest absolute Gasteiger partial charge is 0.492 e. The molecule has 122 valence electrons. The number of carbonyl (C=O) groups is 1. The van der Waals surface area contributed by atoms with E-state index in [0.29, 0.717) is 24.7 Å². The fourth-order valence-electron chi connectivity index (χ4n) is 2.64. The van der Waals surface area contributed by atoms with Gasteiger partial charge >= 0.3 is 0 Å². The SMILES string of the molecule is NCCNC(=O)C1CCCN(CCOc2ccc(Cl)cc2)C1. The molecule has 0 aliphatic carbocycles. The van der Waals surface area contributed by atoms with Crippen LogP contribution in [0, 0.1) is 5.92 Å². The molecular weight excluding hydrogens is 302 g/mol. The molecule has 1 amide bonds. The first-order valence-electron chi connectivity index (χ1n) is 7.77. The molecule has 1 aromatic rings. The molecule has 1 heterocycles. The lowest BCUT2D eigenvalue weighted by Gasteiger charge is -2.31. The summed E-state index contributed by atoms with van der Waals surface area (Å²) in [6.07, 6.45) is 1.99. The van der Waals surface area contributed by atoms with Crippen molar-refractivity contribution in [2.75, 3.05) is 39.3 Å². The molecule has 5 nitrogen and oxygen atoms in total. The quantitative estimate of drug-likeness (QED) is 0.797. The van der Waals surface area contributed by atoms with Gasteiger partial charge in [0, 0.05) is 31.2 Å². The number of hydrogen-bond donors (Lipinski definition) is 2. The Hall–Kier alpha value is -1.30. The highest BCUT2D eigenvalue weighted by molar-refractivity contribution is 6.30. The minimum atomic E-state index is 0.0656. The Labute approximate surface area is 136 Å². The average molecular weight is 326 g/mol. The number of rotatable bonds is 7. The zero-order valence-corrected chi connectivity index (χ0v) is 13.5. The van der Waals surface area contributed by atoms with Crippen molar-refractivity contribution in [2.45, 2.75) is 12.8 Å². The van der Waals surface area contributed by atoms with E-state index >= 15 is 0 Å². The monoisotopic (exact) mass is 325 g/mol. The number of benzene rings is 1. The molecule has 0 bridgehead atoms. The maximum atomic E-state index is 12.0. The van der Waals surface area contributed by atoms with Crippen LogP contribution in [0.4, 0.5) is 0 Å². The number of nitrogens with one attached hydrogen (secondary N) is 1. The van der Waals surface area contributed by atoms with E-state index in [9.17, 15) is 4.79 Å². The molecule has 1 aliphatic heterocycles. The van der Waals surface area contributed by atoms with Crippen molar-refractivity contribution in [3.05, 3.63) is 29.3 Å². The molecule has 1 saturated heterocycles. The first-order valence-corrected chi connectivity index (χ1v) is 8.15. The smallest absolute Gasteiger partial charge is 0.224 e. The lowest BCUT2D eigenvalue weighted by Crippen LogP contribution is -2.45. The van der Waals surface area contributed by atoms with E-state index in [0.717, 1.165) is 38.2 Å². The van der Waals surface area contributed by atoms with Crippen LogP contribution in [0.25, 0.3) is 0 Å². The van der Waals surface area contributed by atoms with Gasteiger partial charge in [0.2, 0.25) is 5.91 Å². The molecule has 0 aromatic heterocycles. The molecule has 1 aliphatic rings. The maximum absolute atomic E-state index is 12.0. The molecule has 0 spiro atoms. The van der Waals surface area contributed by atoms with Gasteiger partial charge in [-0.3, -0.25) is 9.69 Å².